The van der Waals surface area contributed by atoms with E-state index < -0.39 is 5.54 Å². The molecule has 1 rings (SSSR count). The van der Waals surface area contributed by atoms with Crippen molar-refractivity contribution in [1.29, 1.82) is 0 Å². The summed E-state index contributed by atoms with van der Waals surface area (Å²) >= 11 is 0. The number of hydrogen-bond acceptors (Lipinski definition) is 4. The lowest BCUT2D eigenvalue weighted by Gasteiger charge is -2.31. The van der Waals surface area contributed by atoms with E-state index in [4.69, 9.17) is 15.6 Å². The van der Waals surface area contributed by atoms with Crippen LogP contribution in [0.1, 0.15) is 19.8 Å². The van der Waals surface area contributed by atoms with Crippen molar-refractivity contribution in [3.05, 3.63) is 0 Å². The Kier molecular flexibility index (Phi) is 4.31. The van der Waals surface area contributed by atoms with Gasteiger partial charge in [-0.3, -0.25) is 4.90 Å². The van der Waals surface area contributed by atoms with E-state index in [0.717, 1.165) is 19.7 Å². The molecule has 1 unspecified atom stereocenters. The average molecular weight is 202 g/mol. The summed E-state index contributed by atoms with van der Waals surface area (Å²) in [5.74, 6) is 0. The third-order valence-corrected chi connectivity index (χ3v) is 2.57. The highest BCUT2D eigenvalue weighted by Crippen LogP contribution is 2.27. The van der Waals surface area contributed by atoms with Gasteiger partial charge in [0.05, 0.1) is 13.2 Å². The van der Waals surface area contributed by atoms with Crippen LogP contribution in [-0.4, -0.2) is 55.0 Å². The van der Waals surface area contributed by atoms with Crippen molar-refractivity contribution in [3.8, 4) is 0 Å². The van der Waals surface area contributed by atoms with Gasteiger partial charge in [-0.1, -0.05) is 0 Å². The van der Waals surface area contributed by atoms with Crippen molar-refractivity contribution < 1.29 is 9.84 Å². The van der Waals surface area contributed by atoms with Gasteiger partial charge in [0.2, 0.25) is 0 Å². The molecule has 0 aromatic carbocycles. The van der Waals surface area contributed by atoms with Crippen LogP contribution >= 0.6 is 0 Å². The molecule has 0 radical (unpaired) electrons. The number of nitrogens with two attached hydrogens (primary N) is 1. The summed E-state index contributed by atoms with van der Waals surface area (Å²) in [7, 11) is 1.71. The molecule has 84 valence electrons. The lowest BCUT2D eigenvalue weighted by molar-refractivity contribution is 0.107. The van der Waals surface area contributed by atoms with Gasteiger partial charge in [0.1, 0.15) is 0 Å². The predicted octanol–water partition coefficient (Wildman–Crippen LogP) is -0.193. The van der Waals surface area contributed by atoms with Crippen molar-refractivity contribution in [1.82, 2.24) is 4.90 Å². The van der Waals surface area contributed by atoms with E-state index in [1.165, 1.54) is 12.8 Å². The molecule has 4 heteroatoms. The van der Waals surface area contributed by atoms with Crippen molar-refractivity contribution in [3.63, 3.8) is 0 Å². The fourth-order valence-corrected chi connectivity index (χ4v) is 1.55. The highest BCUT2D eigenvalue weighted by Gasteiger charge is 2.32. The first-order valence-electron chi connectivity index (χ1n) is 5.22. The van der Waals surface area contributed by atoms with Crippen molar-refractivity contribution in [2.75, 3.05) is 33.4 Å². The number of aliphatic hydroxyl groups excluding tert-OH is 1. The maximum atomic E-state index is 9.09. The van der Waals surface area contributed by atoms with Gasteiger partial charge in [-0.05, 0) is 19.8 Å². The normalized spacial score (nSPS) is 21.2. The van der Waals surface area contributed by atoms with Crippen LogP contribution in [0.2, 0.25) is 0 Å². The Morgan fingerprint density at radius 1 is 1.57 bits per heavy atom. The zero-order chi connectivity index (χ0) is 10.6. The molecule has 0 aromatic rings. The SMILES string of the molecule is COCCN(CC(C)(N)CO)C1CC1. The van der Waals surface area contributed by atoms with Crippen LogP contribution in [0.4, 0.5) is 0 Å². The number of aliphatic hydroxyl groups is 1. The summed E-state index contributed by atoms with van der Waals surface area (Å²) in [4.78, 5) is 2.32. The Balaban J connectivity index is 2.34. The molecule has 0 spiro atoms. The van der Waals surface area contributed by atoms with Crippen LogP contribution in [0.5, 0.6) is 0 Å². The van der Waals surface area contributed by atoms with Gasteiger partial charge in [0, 0.05) is 31.8 Å². The molecular weight excluding hydrogens is 180 g/mol. The summed E-state index contributed by atoms with van der Waals surface area (Å²) in [6.45, 7) is 4.31. The smallest absolute Gasteiger partial charge is 0.0621 e. The van der Waals surface area contributed by atoms with Gasteiger partial charge < -0.3 is 15.6 Å². The van der Waals surface area contributed by atoms with Crippen LogP contribution in [0, 0.1) is 0 Å². The predicted molar refractivity (Wildman–Crippen MR) is 56.1 cm³/mol. The maximum absolute atomic E-state index is 9.09. The minimum absolute atomic E-state index is 0.0310. The summed E-state index contributed by atoms with van der Waals surface area (Å²) < 4.78 is 5.05. The van der Waals surface area contributed by atoms with Crippen LogP contribution < -0.4 is 5.73 Å². The van der Waals surface area contributed by atoms with E-state index in [1.54, 1.807) is 7.11 Å². The number of hydrogen-bond donors (Lipinski definition) is 2. The molecule has 0 saturated heterocycles. The Bertz CT molecular complexity index is 170. The number of nitrogens with zero attached hydrogens (tertiary/aromatic N) is 1. The van der Waals surface area contributed by atoms with Gasteiger partial charge in [-0.2, -0.15) is 0 Å². The van der Waals surface area contributed by atoms with E-state index in [-0.39, 0.29) is 6.61 Å². The maximum Gasteiger partial charge on any atom is 0.0621 e. The Morgan fingerprint density at radius 3 is 2.64 bits per heavy atom. The third-order valence-electron chi connectivity index (χ3n) is 2.57. The molecule has 14 heavy (non-hydrogen) atoms. The molecule has 1 fully saturated rings. The molecule has 1 aliphatic carbocycles. The highest BCUT2D eigenvalue weighted by atomic mass is 16.5. The lowest BCUT2D eigenvalue weighted by Crippen LogP contribution is -2.51. The molecule has 0 bridgehead atoms. The molecule has 0 amide bonds. The molecule has 0 heterocycles. The minimum Gasteiger partial charge on any atom is -0.394 e. The summed E-state index contributed by atoms with van der Waals surface area (Å²) in [5.41, 5.74) is 5.43. The van der Waals surface area contributed by atoms with Crippen LogP contribution in [0.15, 0.2) is 0 Å². The van der Waals surface area contributed by atoms with Gasteiger partial charge >= 0.3 is 0 Å². The number of methoxy groups -OCH3 is 1. The first-order chi connectivity index (χ1) is 6.59. The monoisotopic (exact) mass is 202 g/mol. The van der Waals surface area contributed by atoms with Gasteiger partial charge in [0.15, 0.2) is 0 Å². The Morgan fingerprint density at radius 2 is 2.21 bits per heavy atom. The minimum atomic E-state index is -0.490. The molecule has 1 atom stereocenters. The molecule has 0 aromatic heterocycles. The van der Waals surface area contributed by atoms with E-state index in [9.17, 15) is 0 Å². The summed E-state index contributed by atoms with van der Waals surface area (Å²) in [6.07, 6.45) is 2.51. The molecule has 0 aliphatic heterocycles. The topological polar surface area (TPSA) is 58.7 Å². The average Bonchev–Trinajstić information content (AvgIpc) is 2.95. The zero-order valence-electron chi connectivity index (χ0n) is 9.20. The van der Waals surface area contributed by atoms with Gasteiger partial charge in [-0.15, -0.1) is 0 Å². The van der Waals surface area contributed by atoms with Gasteiger partial charge in [-0.25, -0.2) is 0 Å². The van der Waals surface area contributed by atoms with Crippen LogP contribution in [0.3, 0.4) is 0 Å². The molecule has 3 N–H and O–H groups in total. The second-order valence-corrected chi connectivity index (χ2v) is 4.51. The fourth-order valence-electron chi connectivity index (χ4n) is 1.55. The molecular formula is C10H22N2O2. The molecule has 1 aliphatic rings. The second kappa shape index (κ2) is 5.07. The fraction of sp³-hybridized carbons (Fsp3) is 1.00. The molecule has 1 saturated carbocycles. The molecule has 4 nitrogen and oxygen atoms in total. The first-order valence-corrected chi connectivity index (χ1v) is 5.22. The largest absolute Gasteiger partial charge is 0.394 e. The quantitative estimate of drug-likeness (QED) is 0.600. The van der Waals surface area contributed by atoms with Crippen molar-refractivity contribution >= 4 is 0 Å². The van der Waals surface area contributed by atoms with Crippen LogP contribution in [-0.2, 0) is 4.74 Å². The standard InChI is InChI=1S/C10H22N2O2/c1-10(11,8-13)7-12(5-6-14-2)9-3-4-9/h9,13H,3-8,11H2,1-2H3. The van der Waals surface area contributed by atoms with E-state index in [1.807, 2.05) is 6.92 Å². The van der Waals surface area contributed by atoms with Crippen molar-refractivity contribution in [2.24, 2.45) is 5.73 Å². The summed E-state index contributed by atoms with van der Waals surface area (Å²) in [6, 6.07) is 0.666. The van der Waals surface area contributed by atoms with E-state index in [0.29, 0.717) is 6.04 Å². The second-order valence-electron chi connectivity index (χ2n) is 4.51. The number of ether oxygens (including phenoxy) is 1. The zero-order valence-corrected chi connectivity index (χ0v) is 9.20. The Hall–Kier alpha value is -0.160. The highest BCUT2D eigenvalue weighted by molar-refractivity contribution is 4.90. The number of rotatable bonds is 7. The third kappa shape index (κ3) is 3.92. The van der Waals surface area contributed by atoms with E-state index >= 15 is 0 Å². The van der Waals surface area contributed by atoms with Crippen molar-refractivity contribution in [2.45, 2.75) is 31.3 Å². The first kappa shape index (κ1) is 11.9. The van der Waals surface area contributed by atoms with Crippen LogP contribution in [0.25, 0.3) is 0 Å². The Labute approximate surface area is 86.0 Å². The van der Waals surface area contributed by atoms with Gasteiger partial charge in [0.25, 0.3) is 0 Å². The van der Waals surface area contributed by atoms with E-state index in [2.05, 4.69) is 4.90 Å². The summed E-state index contributed by atoms with van der Waals surface area (Å²) in [5, 5.41) is 9.09. The lowest BCUT2D eigenvalue weighted by atomic mass is 10.1.